The molecule has 1 aromatic rings. The van der Waals surface area contributed by atoms with Crippen LogP contribution < -0.4 is 10.2 Å². The second-order valence-corrected chi connectivity index (χ2v) is 7.59. The van der Waals surface area contributed by atoms with E-state index in [0.717, 1.165) is 75.0 Å². The smallest absolute Gasteiger partial charge is 0.317 e. The van der Waals surface area contributed by atoms with Crippen molar-refractivity contribution in [2.75, 3.05) is 37.7 Å². The van der Waals surface area contributed by atoms with Gasteiger partial charge in [-0.15, -0.1) is 0 Å². The van der Waals surface area contributed by atoms with Gasteiger partial charge in [0.1, 0.15) is 0 Å². The van der Waals surface area contributed by atoms with E-state index >= 15 is 0 Å². The van der Waals surface area contributed by atoms with Crippen molar-refractivity contribution in [1.82, 2.24) is 20.2 Å². The second-order valence-electron chi connectivity index (χ2n) is 7.59. The topological polar surface area (TPSA) is 70.6 Å². The highest BCUT2D eigenvalue weighted by atomic mass is 16.5. The molecule has 0 unspecified atom stereocenters. The number of hydrogen-bond donors (Lipinski definition) is 1. The van der Waals surface area contributed by atoms with Gasteiger partial charge in [0.05, 0.1) is 25.5 Å². The van der Waals surface area contributed by atoms with Crippen LogP contribution in [0.5, 0.6) is 0 Å². The first-order valence-electron chi connectivity index (χ1n) is 9.95. The minimum absolute atomic E-state index is 0.0687. The van der Waals surface area contributed by atoms with Gasteiger partial charge in [-0.25, -0.2) is 14.8 Å². The Balaban J connectivity index is 1.43. The highest BCUT2D eigenvalue weighted by Gasteiger charge is 2.27. The molecule has 1 saturated carbocycles. The lowest BCUT2D eigenvalue weighted by Crippen LogP contribution is -2.47. The molecule has 1 aromatic heterocycles. The van der Waals surface area contributed by atoms with Crippen LogP contribution in [0.25, 0.3) is 0 Å². The molecule has 0 bridgehead atoms. The SMILES string of the molecule is Cc1nc(N2CCOCC2)nc2c1CN(C(=O)NC1CCCCC1)CC2. The number of nitrogens with one attached hydrogen (secondary N) is 1. The molecule has 7 heteroatoms. The van der Waals surface area contributed by atoms with Crippen LogP contribution in [0.4, 0.5) is 10.7 Å². The lowest BCUT2D eigenvalue weighted by atomic mass is 9.95. The summed E-state index contributed by atoms with van der Waals surface area (Å²) in [6.45, 7) is 6.52. The lowest BCUT2D eigenvalue weighted by molar-refractivity contribution is 0.122. The number of aromatic nitrogens is 2. The zero-order chi connectivity index (χ0) is 17.9. The molecule has 1 aliphatic carbocycles. The Morgan fingerprint density at radius 1 is 1.12 bits per heavy atom. The van der Waals surface area contributed by atoms with Gasteiger partial charge >= 0.3 is 6.03 Å². The van der Waals surface area contributed by atoms with Crippen molar-refractivity contribution in [3.05, 3.63) is 17.0 Å². The number of aryl methyl sites for hydroxylation is 1. The molecule has 0 radical (unpaired) electrons. The van der Waals surface area contributed by atoms with Gasteiger partial charge in [-0.2, -0.15) is 0 Å². The van der Waals surface area contributed by atoms with E-state index in [0.29, 0.717) is 12.6 Å². The summed E-state index contributed by atoms with van der Waals surface area (Å²) in [6.07, 6.45) is 6.78. The standard InChI is InChI=1S/C19H29N5O2/c1-14-16-13-24(19(25)21-15-5-3-2-4-6-15)8-7-17(16)22-18(20-14)23-9-11-26-12-10-23/h15H,2-13H2,1H3,(H,21,25). The molecule has 0 aromatic carbocycles. The molecule has 2 amide bonds. The maximum Gasteiger partial charge on any atom is 0.317 e. The quantitative estimate of drug-likeness (QED) is 0.875. The minimum Gasteiger partial charge on any atom is -0.378 e. The Hall–Kier alpha value is -1.89. The van der Waals surface area contributed by atoms with E-state index in [1.54, 1.807) is 0 Å². The molecule has 0 atom stereocenters. The van der Waals surface area contributed by atoms with Crippen molar-refractivity contribution in [1.29, 1.82) is 0 Å². The van der Waals surface area contributed by atoms with Crippen LogP contribution in [-0.2, 0) is 17.7 Å². The summed E-state index contributed by atoms with van der Waals surface area (Å²) in [7, 11) is 0. The van der Waals surface area contributed by atoms with Crippen LogP contribution in [0.15, 0.2) is 0 Å². The van der Waals surface area contributed by atoms with Crippen molar-refractivity contribution in [2.45, 2.75) is 58.0 Å². The molecule has 3 aliphatic rings. The number of carbonyl (C=O) groups is 1. The Kier molecular flexibility index (Phi) is 5.24. The fraction of sp³-hybridized carbons (Fsp3) is 0.737. The van der Waals surface area contributed by atoms with Crippen molar-refractivity contribution in [3.8, 4) is 0 Å². The lowest BCUT2D eigenvalue weighted by Gasteiger charge is -2.33. The van der Waals surface area contributed by atoms with Crippen molar-refractivity contribution in [2.24, 2.45) is 0 Å². The van der Waals surface area contributed by atoms with Gasteiger partial charge in [0.2, 0.25) is 5.95 Å². The van der Waals surface area contributed by atoms with Crippen LogP contribution >= 0.6 is 0 Å². The Bertz CT molecular complexity index is 654. The van der Waals surface area contributed by atoms with E-state index in [9.17, 15) is 4.79 Å². The van der Waals surface area contributed by atoms with Gasteiger partial charge in [-0.1, -0.05) is 19.3 Å². The maximum absolute atomic E-state index is 12.7. The fourth-order valence-corrected chi connectivity index (χ4v) is 4.15. The molecule has 1 saturated heterocycles. The zero-order valence-electron chi connectivity index (χ0n) is 15.7. The summed E-state index contributed by atoms with van der Waals surface area (Å²) >= 11 is 0. The number of urea groups is 1. The van der Waals surface area contributed by atoms with E-state index in [1.165, 1.54) is 19.3 Å². The van der Waals surface area contributed by atoms with Crippen LogP contribution in [0.1, 0.15) is 49.1 Å². The van der Waals surface area contributed by atoms with E-state index in [1.807, 2.05) is 11.8 Å². The average molecular weight is 359 g/mol. The first kappa shape index (κ1) is 17.5. The summed E-state index contributed by atoms with van der Waals surface area (Å²) in [5.41, 5.74) is 3.21. The Morgan fingerprint density at radius 3 is 2.65 bits per heavy atom. The first-order chi connectivity index (χ1) is 12.7. The third-order valence-electron chi connectivity index (χ3n) is 5.77. The molecule has 1 N–H and O–H groups in total. The predicted molar refractivity (Wildman–Crippen MR) is 99.3 cm³/mol. The summed E-state index contributed by atoms with van der Waals surface area (Å²) in [5.74, 6) is 0.810. The summed E-state index contributed by atoms with van der Waals surface area (Å²) < 4.78 is 5.42. The summed E-state index contributed by atoms with van der Waals surface area (Å²) in [5, 5.41) is 3.23. The molecule has 2 fully saturated rings. The molecule has 4 rings (SSSR count). The number of ether oxygens (including phenoxy) is 1. The minimum atomic E-state index is 0.0687. The van der Waals surface area contributed by atoms with Crippen LogP contribution in [0.2, 0.25) is 0 Å². The van der Waals surface area contributed by atoms with Gasteiger partial charge in [-0.05, 0) is 19.8 Å². The number of amides is 2. The third-order valence-corrected chi connectivity index (χ3v) is 5.77. The second kappa shape index (κ2) is 7.78. The van der Waals surface area contributed by atoms with Gasteiger partial charge in [0.15, 0.2) is 0 Å². The van der Waals surface area contributed by atoms with Gasteiger partial charge in [-0.3, -0.25) is 0 Å². The number of carbonyl (C=O) groups excluding carboxylic acids is 1. The van der Waals surface area contributed by atoms with Crippen molar-refractivity contribution < 1.29 is 9.53 Å². The monoisotopic (exact) mass is 359 g/mol. The fourth-order valence-electron chi connectivity index (χ4n) is 4.15. The van der Waals surface area contributed by atoms with Crippen LogP contribution in [-0.4, -0.2) is 59.8 Å². The Labute approximate surface area is 155 Å². The van der Waals surface area contributed by atoms with E-state index in [4.69, 9.17) is 14.7 Å². The van der Waals surface area contributed by atoms with Gasteiger partial charge in [0, 0.05) is 43.4 Å². The van der Waals surface area contributed by atoms with Gasteiger partial charge < -0.3 is 19.9 Å². The number of anilines is 1. The molecule has 2 aliphatic heterocycles. The predicted octanol–water partition coefficient (Wildman–Crippen LogP) is 2.02. The van der Waals surface area contributed by atoms with Gasteiger partial charge in [0.25, 0.3) is 0 Å². The summed E-state index contributed by atoms with van der Waals surface area (Å²) in [6, 6.07) is 0.415. The normalized spacial score (nSPS) is 21.4. The molecule has 3 heterocycles. The number of morpholine rings is 1. The maximum atomic E-state index is 12.7. The highest BCUT2D eigenvalue weighted by molar-refractivity contribution is 5.75. The molecule has 7 nitrogen and oxygen atoms in total. The highest BCUT2D eigenvalue weighted by Crippen LogP contribution is 2.24. The van der Waals surface area contributed by atoms with Crippen molar-refractivity contribution in [3.63, 3.8) is 0 Å². The summed E-state index contributed by atoms with van der Waals surface area (Å²) in [4.78, 5) is 26.3. The number of hydrogen-bond acceptors (Lipinski definition) is 5. The van der Waals surface area contributed by atoms with Crippen molar-refractivity contribution >= 4 is 12.0 Å². The van der Waals surface area contributed by atoms with E-state index in [-0.39, 0.29) is 6.03 Å². The van der Waals surface area contributed by atoms with Crippen LogP contribution in [0.3, 0.4) is 0 Å². The van der Waals surface area contributed by atoms with Crippen LogP contribution in [0, 0.1) is 6.92 Å². The molecular weight excluding hydrogens is 330 g/mol. The molecule has 142 valence electrons. The number of nitrogens with zero attached hydrogens (tertiary/aromatic N) is 4. The number of fused-ring (bicyclic) bond motifs is 1. The molecule has 0 spiro atoms. The largest absolute Gasteiger partial charge is 0.378 e. The van der Waals surface area contributed by atoms with E-state index in [2.05, 4.69) is 10.2 Å². The third kappa shape index (κ3) is 3.77. The Morgan fingerprint density at radius 2 is 1.88 bits per heavy atom. The first-order valence-corrected chi connectivity index (χ1v) is 9.95. The zero-order valence-corrected chi connectivity index (χ0v) is 15.7. The number of rotatable bonds is 2. The molecular formula is C19H29N5O2. The molecule has 26 heavy (non-hydrogen) atoms. The van der Waals surface area contributed by atoms with E-state index < -0.39 is 0 Å². The average Bonchev–Trinajstić information content (AvgIpc) is 2.69.